The van der Waals surface area contributed by atoms with E-state index in [1.54, 1.807) is 31.2 Å². The first-order chi connectivity index (χ1) is 14.7. The van der Waals surface area contributed by atoms with Crippen molar-refractivity contribution >= 4 is 12.0 Å². The van der Waals surface area contributed by atoms with Crippen LogP contribution in [0.25, 0.3) is 11.8 Å². The topological polar surface area (TPSA) is 56.6 Å². The van der Waals surface area contributed by atoms with Crippen molar-refractivity contribution in [3.8, 4) is 17.2 Å². The van der Waals surface area contributed by atoms with Gasteiger partial charge in [-0.1, -0.05) is 18.2 Å². The number of carbonyl (C=O) groups is 1. The molecule has 1 fully saturated rings. The molecule has 0 N–H and O–H groups in total. The molecule has 2 heterocycles. The Morgan fingerprint density at radius 2 is 1.97 bits per heavy atom. The summed E-state index contributed by atoms with van der Waals surface area (Å²) in [5.41, 5.74) is 2.84. The smallest absolute Gasteiger partial charge is 0.247 e. The molecule has 1 amide bonds. The normalized spacial score (nSPS) is 16.2. The van der Waals surface area contributed by atoms with Crippen molar-refractivity contribution < 1.29 is 14.3 Å². The van der Waals surface area contributed by atoms with E-state index in [0.717, 1.165) is 47.7 Å². The lowest BCUT2D eigenvalue weighted by molar-refractivity contribution is -0.126. The van der Waals surface area contributed by atoms with E-state index < -0.39 is 0 Å². The monoisotopic (exact) mass is 403 g/mol. The van der Waals surface area contributed by atoms with Crippen LogP contribution >= 0.6 is 0 Å². The van der Waals surface area contributed by atoms with Crippen molar-refractivity contribution in [3.63, 3.8) is 0 Å². The first kappa shape index (κ1) is 19.8. The fraction of sp³-hybridized carbons (Fsp3) is 0.250. The number of ether oxygens (including phenoxy) is 2. The predicted octanol–water partition coefficient (Wildman–Crippen LogP) is 4.27. The van der Waals surface area contributed by atoms with Crippen LogP contribution in [0.1, 0.15) is 30.0 Å². The second kappa shape index (κ2) is 8.86. The van der Waals surface area contributed by atoms with Crippen LogP contribution in [0, 0.1) is 0 Å². The summed E-state index contributed by atoms with van der Waals surface area (Å²) >= 11 is 0. The number of benzene rings is 2. The highest BCUT2D eigenvalue weighted by Crippen LogP contribution is 2.39. The van der Waals surface area contributed by atoms with E-state index in [-0.39, 0.29) is 11.9 Å². The summed E-state index contributed by atoms with van der Waals surface area (Å²) in [6, 6.07) is 15.6. The van der Waals surface area contributed by atoms with Crippen molar-refractivity contribution in [2.45, 2.75) is 18.9 Å². The lowest BCUT2D eigenvalue weighted by Gasteiger charge is -2.25. The van der Waals surface area contributed by atoms with Gasteiger partial charge >= 0.3 is 0 Å². The molecule has 6 nitrogen and oxygen atoms in total. The van der Waals surface area contributed by atoms with Crippen LogP contribution in [0.2, 0.25) is 0 Å². The maximum absolute atomic E-state index is 13.0. The van der Waals surface area contributed by atoms with Crippen LogP contribution in [0.5, 0.6) is 11.5 Å². The Hall–Kier alpha value is -3.54. The fourth-order valence-corrected chi connectivity index (χ4v) is 3.86. The number of rotatable bonds is 6. The average molecular weight is 403 g/mol. The van der Waals surface area contributed by atoms with E-state index in [9.17, 15) is 4.79 Å². The zero-order valence-electron chi connectivity index (χ0n) is 17.2. The van der Waals surface area contributed by atoms with Gasteiger partial charge in [-0.25, -0.2) is 4.68 Å². The second-order valence-electron chi connectivity index (χ2n) is 7.18. The van der Waals surface area contributed by atoms with Crippen LogP contribution < -0.4 is 9.47 Å². The first-order valence-corrected chi connectivity index (χ1v) is 10.0. The standard InChI is InChI=1S/C24H25N3O3/c1-29-20-11-12-23(30-2)21(15-20)22-9-6-14-26(22)24(28)13-10-18-16-25-27(17-18)19-7-4-3-5-8-19/h3-5,7-8,10-13,15-17,22H,6,9,14H2,1-2H3/b13-10+. The molecule has 0 bridgehead atoms. The van der Waals surface area contributed by atoms with Crippen LogP contribution in [0.3, 0.4) is 0 Å². The molecule has 0 spiro atoms. The summed E-state index contributed by atoms with van der Waals surface area (Å²) in [6.07, 6.45) is 8.95. The summed E-state index contributed by atoms with van der Waals surface area (Å²) in [4.78, 5) is 14.9. The average Bonchev–Trinajstić information content (AvgIpc) is 3.47. The third-order valence-electron chi connectivity index (χ3n) is 5.37. The quantitative estimate of drug-likeness (QED) is 0.577. The van der Waals surface area contributed by atoms with Gasteiger partial charge in [-0.2, -0.15) is 5.10 Å². The molecule has 1 atom stereocenters. The van der Waals surface area contributed by atoms with Gasteiger partial charge in [-0.15, -0.1) is 0 Å². The van der Waals surface area contributed by atoms with E-state index in [4.69, 9.17) is 9.47 Å². The molecule has 30 heavy (non-hydrogen) atoms. The second-order valence-corrected chi connectivity index (χ2v) is 7.18. The van der Waals surface area contributed by atoms with E-state index in [2.05, 4.69) is 5.10 Å². The molecular formula is C24H25N3O3. The molecule has 1 saturated heterocycles. The number of likely N-dealkylation sites (tertiary alicyclic amines) is 1. The zero-order chi connectivity index (χ0) is 20.9. The van der Waals surface area contributed by atoms with Crippen LogP contribution in [-0.4, -0.2) is 41.4 Å². The van der Waals surface area contributed by atoms with Gasteiger partial charge in [0.2, 0.25) is 5.91 Å². The van der Waals surface area contributed by atoms with Gasteiger partial charge < -0.3 is 14.4 Å². The molecule has 2 aromatic carbocycles. The zero-order valence-corrected chi connectivity index (χ0v) is 17.2. The molecule has 1 aromatic heterocycles. The lowest BCUT2D eigenvalue weighted by Crippen LogP contribution is -2.29. The number of hydrogen-bond acceptors (Lipinski definition) is 4. The van der Waals surface area contributed by atoms with Crippen molar-refractivity contribution in [2.24, 2.45) is 0 Å². The summed E-state index contributed by atoms with van der Waals surface area (Å²) in [7, 11) is 3.29. The number of nitrogens with zero attached hydrogens (tertiary/aromatic N) is 3. The Bertz CT molecular complexity index is 1040. The number of hydrogen-bond donors (Lipinski definition) is 0. The minimum atomic E-state index is -0.0285. The van der Waals surface area contributed by atoms with Crippen LogP contribution in [0.15, 0.2) is 67.0 Å². The third-order valence-corrected chi connectivity index (χ3v) is 5.37. The number of amides is 1. The molecule has 154 valence electrons. The first-order valence-electron chi connectivity index (χ1n) is 10.0. The maximum Gasteiger partial charge on any atom is 0.247 e. The van der Waals surface area contributed by atoms with Crippen molar-refractivity contribution in [2.75, 3.05) is 20.8 Å². The number of aromatic nitrogens is 2. The van der Waals surface area contributed by atoms with Crippen molar-refractivity contribution in [1.82, 2.24) is 14.7 Å². The SMILES string of the molecule is COc1ccc(OC)c(C2CCCN2C(=O)/C=C/c2cnn(-c3ccccc3)c2)c1. The van der Waals surface area contributed by atoms with Crippen molar-refractivity contribution in [1.29, 1.82) is 0 Å². The van der Waals surface area contributed by atoms with E-state index in [1.165, 1.54) is 0 Å². The maximum atomic E-state index is 13.0. The molecule has 1 aliphatic heterocycles. The lowest BCUT2D eigenvalue weighted by atomic mass is 10.0. The molecule has 4 rings (SSSR count). The Morgan fingerprint density at radius 1 is 1.13 bits per heavy atom. The summed E-state index contributed by atoms with van der Waals surface area (Å²) < 4.78 is 12.7. The molecular weight excluding hydrogens is 378 g/mol. The van der Waals surface area contributed by atoms with Crippen LogP contribution in [0.4, 0.5) is 0 Å². The van der Waals surface area contributed by atoms with Crippen molar-refractivity contribution in [3.05, 3.63) is 78.1 Å². The minimum absolute atomic E-state index is 0.0187. The van der Waals surface area contributed by atoms with Gasteiger partial charge in [-0.05, 0) is 49.2 Å². The third kappa shape index (κ3) is 4.08. The number of para-hydroxylation sites is 1. The highest BCUT2D eigenvalue weighted by atomic mass is 16.5. The Kier molecular flexibility index (Phi) is 5.84. The predicted molar refractivity (Wildman–Crippen MR) is 116 cm³/mol. The van der Waals surface area contributed by atoms with Gasteiger partial charge in [0.1, 0.15) is 11.5 Å². The largest absolute Gasteiger partial charge is 0.497 e. The van der Waals surface area contributed by atoms with Gasteiger partial charge in [0, 0.05) is 29.9 Å². The summed E-state index contributed by atoms with van der Waals surface area (Å²) in [5.74, 6) is 1.51. The molecule has 1 aliphatic rings. The highest BCUT2D eigenvalue weighted by molar-refractivity contribution is 5.92. The molecule has 0 saturated carbocycles. The highest BCUT2D eigenvalue weighted by Gasteiger charge is 2.31. The molecule has 0 aliphatic carbocycles. The van der Waals surface area contributed by atoms with Gasteiger partial charge in [-0.3, -0.25) is 4.79 Å². The Labute approximate surface area is 176 Å². The van der Waals surface area contributed by atoms with Gasteiger partial charge in [0.05, 0.1) is 32.1 Å². The summed E-state index contributed by atoms with van der Waals surface area (Å²) in [6.45, 7) is 0.720. The summed E-state index contributed by atoms with van der Waals surface area (Å²) in [5, 5.41) is 4.38. The van der Waals surface area contributed by atoms with Gasteiger partial charge in [0.15, 0.2) is 0 Å². The van der Waals surface area contributed by atoms with E-state index >= 15 is 0 Å². The molecule has 3 aromatic rings. The fourth-order valence-electron chi connectivity index (χ4n) is 3.86. The molecule has 0 radical (unpaired) electrons. The molecule has 1 unspecified atom stereocenters. The van der Waals surface area contributed by atoms with Crippen LogP contribution in [-0.2, 0) is 4.79 Å². The van der Waals surface area contributed by atoms with E-state index in [1.807, 2.05) is 65.7 Å². The Morgan fingerprint density at radius 3 is 2.73 bits per heavy atom. The van der Waals surface area contributed by atoms with Gasteiger partial charge in [0.25, 0.3) is 0 Å². The number of carbonyl (C=O) groups excluding carboxylic acids is 1. The Balaban J connectivity index is 1.51. The number of methoxy groups -OCH3 is 2. The minimum Gasteiger partial charge on any atom is -0.497 e. The molecule has 6 heteroatoms. The van der Waals surface area contributed by atoms with E-state index in [0.29, 0.717) is 0 Å².